The number of thioether (sulfide) groups is 1. The topological polar surface area (TPSA) is 34.4 Å². The highest BCUT2D eigenvalue weighted by atomic mass is 32.2. The summed E-state index contributed by atoms with van der Waals surface area (Å²) in [5, 5.41) is 3.34. The van der Waals surface area contributed by atoms with Crippen LogP contribution in [0.2, 0.25) is 0 Å². The minimum atomic E-state index is 0.543. The van der Waals surface area contributed by atoms with Gasteiger partial charge in [0.15, 0.2) is 0 Å². The predicted molar refractivity (Wildman–Crippen MR) is 88.0 cm³/mol. The summed E-state index contributed by atoms with van der Waals surface area (Å²) >= 11 is 1.73. The summed E-state index contributed by atoms with van der Waals surface area (Å²) in [7, 11) is 0. The molecule has 0 radical (unpaired) electrons. The van der Waals surface area contributed by atoms with E-state index in [4.69, 9.17) is 9.15 Å². The molecule has 0 saturated heterocycles. The Morgan fingerprint density at radius 1 is 1.24 bits per heavy atom. The zero-order valence-corrected chi connectivity index (χ0v) is 13.8. The molecule has 0 saturated carbocycles. The molecule has 1 heterocycles. The fourth-order valence-electron chi connectivity index (χ4n) is 2.04. The molecule has 0 aliphatic heterocycles. The Morgan fingerprint density at radius 2 is 2.00 bits per heavy atom. The quantitative estimate of drug-likeness (QED) is 0.579. The lowest BCUT2D eigenvalue weighted by atomic mass is 10.2. The van der Waals surface area contributed by atoms with Gasteiger partial charge in [-0.05, 0) is 56.5 Å². The third kappa shape index (κ3) is 4.83. The van der Waals surface area contributed by atoms with Gasteiger partial charge in [0.25, 0.3) is 0 Å². The van der Waals surface area contributed by atoms with Crippen molar-refractivity contribution in [1.29, 1.82) is 0 Å². The third-order valence-corrected chi connectivity index (χ3v) is 3.99. The van der Waals surface area contributed by atoms with Crippen molar-refractivity contribution in [2.45, 2.75) is 38.3 Å². The van der Waals surface area contributed by atoms with Crippen molar-refractivity contribution in [1.82, 2.24) is 5.32 Å². The molecule has 0 aliphatic rings. The predicted octanol–water partition coefficient (Wildman–Crippen LogP) is 4.39. The van der Waals surface area contributed by atoms with E-state index >= 15 is 0 Å². The van der Waals surface area contributed by atoms with Crippen LogP contribution >= 0.6 is 11.8 Å². The van der Waals surface area contributed by atoms with Crippen LogP contribution in [0.4, 0.5) is 0 Å². The molecule has 0 fully saturated rings. The Balaban J connectivity index is 1.89. The van der Waals surface area contributed by atoms with Crippen molar-refractivity contribution in [3.05, 3.63) is 47.4 Å². The fraction of sp³-hybridized carbons (Fsp3) is 0.412. The zero-order chi connectivity index (χ0) is 15.1. The van der Waals surface area contributed by atoms with Crippen LogP contribution in [0.5, 0.6) is 5.75 Å². The summed E-state index contributed by atoms with van der Waals surface area (Å²) in [4.78, 5) is 1.24. The van der Waals surface area contributed by atoms with Crippen LogP contribution in [0.3, 0.4) is 0 Å². The van der Waals surface area contributed by atoms with Gasteiger partial charge in [0.2, 0.25) is 0 Å². The summed E-state index contributed by atoms with van der Waals surface area (Å²) in [5.74, 6) is 2.79. The Labute approximate surface area is 131 Å². The molecule has 3 nitrogen and oxygen atoms in total. The first kappa shape index (κ1) is 16.0. The number of hydrogen-bond acceptors (Lipinski definition) is 4. The lowest BCUT2D eigenvalue weighted by Gasteiger charge is -2.05. The van der Waals surface area contributed by atoms with E-state index in [1.165, 1.54) is 4.90 Å². The molecular weight excluding hydrogens is 282 g/mol. The molecule has 2 aromatic rings. The van der Waals surface area contributed by atoms with Crippen LogP contribution in [0.1, 0.15) is 30.4 Å². The molecule has 0 aliphatic carbocycles. The van der Waals surface area contributed by atoms with E-state index < -0.39 is 0 Å². The van der Waals surface area contributed by atoms with Crippen LogP contribution in [0.15, 0.2) is 39.6 Å². The number of hydrogen-bond donors (Lipinski definition) is 1. The van der Waals surface area contributed by atoms with Gasteiger partial charge in [0, 0.05) is 10.5 Å². The molecule has 4 heteroatoms. The minimum Gasteiger partial charge on any atom is -0.489 e. The monoisotopic (exact) mass is 305 g/mol. The van der Waals surface area contributed by atoms with E-state index in [9.17, 15) is 0 Å². The van der Waals surface area contributed by atoms with Gasteiger partial charge in [-0.15, -0.1) is 11.8 Å². The first-order chi connectivity index (χ1) is 10.2. The molecule has 21 heavy (non-hydrogen) atoms. The summed E-state index contributed by atoms with van der Waals surface area (Å²) < 4.78 is 11.6. The van der Waals surface area contributed by atoms with Crippen molar-refractivity contribution in [2.75, 3.05) is 12.8 Å². The molecule has 0 bridgehead atoms. The standard InChI is InChI=1S/C17H23NO2S/c1-4-9-18-11-16-10-14(13(2)20-16)12-19-15-5-7-17(21-3)8-6-15/h5-8,10,18H,4,9,11-12H2,1-3H3. The molecule has 114 valence electrons. The summed E-state index contributed by atoms with van der Waals surface area (Å²) in [6.07, 6.45) is 3.19. The first-order valence-electron chi connectivity index (χ1n) is 7.28. The van der Waals surface area contributed by atoms with Crippen LogP contribution in [-0.4, -0.2) is 12.8 Å². The zero-order valence-electron chi connectivity index (χ0n) is 12.9. The van der Waals surface area contributed by atoms with Crippen molar-refractivity contribution in [2.24, 2.45) is 0 Å². The second kappa shape index (κ2) is 8.15. The number of nitrogens with one attached hydrogen (secondary N) is 1. The average Bonchev–Trinajstić information content (AvgIpc) is 2.86. The molecule has 0 atom stereocenters. The molecule has 0 unspecified atom stereocenters. The van der Waals surface area contributed by atoms with Gasteiger partial charge >= 0.3 is 0 Å². The summed E-state index contributed by atoms with van der Waals surface area (Å²) in [6, 6.07) is 10.2. The van der Waals surface area contributed by atoms with Gasteiger partial charge < -0.3 is 14.5 Å². The van der Waals surface area contributed by atoms with Crippen LogP contribution < -0.4 is 10.1 Å². The molecule has 0 spiro atoms. The summed E-state index contributed by atoms with van der Waals surface area (Å²) in [6.45, 7) is 6.47. The maximum atomic E-state index is 5.82. The highest BCUT2D eigenvalue weighted by molar-refractivity contribution is 7.98. The number of rotatable bonds is 8. The number of ether oxygens (including phenoxy) is 1. The van der Waals surface area contributed by atoms with Gasteiger partial charge in [0.1, 0.15) is 23.9 Å². The van der Waals surface area contributed by atoms with Gasteiger partial charge in [-0.1, -0.05) is 6.92 Å². The minimum absolute atomic E-state index is 0.543. The van der Waals surface area contributed by atoms with Crippen LogP contribution in [0.25, 0.3) is 0 Å². The molecule has 1 aromatic carbocycles. The second-order valence-corrected chi connectivity index (χ2v) is 5.81. The Kier molecular flexibility index (Phi) is 6.21. The largest absolute Gasteiger partial charge is 0.489 e. The Bertz CT molecular complexity index is 548. The van der Waals surface area contributed by atoms with Crippen molar-refractivity contribution >= 4 is 11.8 Å². The smallest absolute Gasteiger partial charge is 0.119 e. The number of benzene rings is 1. The van der Waals surface area contributed by atoms with E-state index in [0.717, 1.165) is 42.3 Å². The van der Waals surface area contributed by atoms with Crippen LogP contribution in [0, 0.1) is 6.92 Å². The molecule has 1 N–H and O–H groups in total. The first-order valence-corrected chi connectivity index (χ1v) is 8.51. The Hall–Kier alpha value is -1.39. The molecule has 1 aromatic heterocycles. The van der Waals surface area contributed by atoms with Gasteiger partial charge in [0.05, 0.1) is 6.54 Å². The van der Waals surface area contributed by atoms with E-state index in [2.05, 4.69) is 36.7 Å². The number of furan rings is 1. The maximum absolute atomic E-state index is 5.82. The lowest BCUT2D eigenvalue weighted by Crippen LogP contribution is -2.13. The van der Waals surface area contributed by atoms with Gasteiger partial charge in [-0.25, -0.2) is 0 Å². The SMILES string of the molecule is CCCNCc1cc(COc2ccc(SC)cc2)c(C)o1. The van der Waals surface area contributed by atoms with E-state index in [-0.39, 0.29) is 0 Å². The molecular formula is C17H23NO2S. The Morgan fingerprint density at radius 3 is 2.67 bits per heavy atom. The highest BCUT2D eigenvalue weighted by Gasteiger charge is 2.08. The van der Waals surface area contributed by atoms with E-state index in [1.54, 1.807) is 11.8 Å². The normalized spacial score (nSPS) is 10.8. The van der Waals surface area contributed by atoms with Gasteiger partial charge in [-0.3, -0.25) is 0 Å². The number of aryl methyl sites for hydroxylation is 1. The third-order valence-electron chi connectivity index (χ3n) is 3.25. The van der Waals surface area contributed by atoms with E-state index in [1.807, 2.05) is 19.1 Å². The molecule has 2 rings (SSSR count). The average molecular weight is 305 g/mol. The van der Waals surface area contributed by atoms with Gasteiger partial charge in [-0.2, -0.15) is 0 Å². The maximum Gasteiger partial charge on any atom is 0.119 e. The second-order valence-electron chi connectivity index (χ2n) is 4.94. The van der Waals surface area contributed by atoms with Crippen molar-refractivity contribution in [3.63, 3.8) is 0 Å². The molecule has 0 amide bonds. The van der Waals surface area contributed by atoms with Crippen LogP contribution in [-0.2, 0) is 13.2 Å². The fourth-order valence-corrected chi connectivity index (χ4v) is 2.45. The summed E-state index contributed by atoms with van der Waals surface area (Å²) in [5.41, 5.74) is 1.11. The highest BCUT2D eigenvalue weighted by Crippen LogP contribution is 2.21. The van der Waals surface area contributed by atoms with Crippen molar-refractivity contribution < 1.29 is 9.15 Å². The lowest BCUT2D eigenvalue weighted by molar-refractivity contribution is 0.303. The van der Waals surface area contributed by atoms with E-state index in [0.29, 0.717) is 6.61 Å². The van der Waals surface area contributed by atoms with Crippen molar-refractivity contribution in [3.8, 4) is 5.75 Å².